The standard InChI is InChI=1S/C16H23N3O3S3/c1-4-11-19-14(16(2,3)24-15(19)23)22-18-10-9-12-5-7-13(8-6-12)25(17,20)21/h5-10,14,18H,4,11H2,1-3H3,(H2,17,20,21). The maximum absolute atomic E-state index is 11.2. The third kappa shape index (κ3) is 5.18. The Bertz CT molecular complexity index is 746. The number of rotatable bonds is 7. The topological polar surface area (TPSA) is 84.7 Å². The van der Waals surface area contributed by atoms with Gasteiger partial charge in [-0.15, -0.1) is 0 Å². The zero-order valence-electron chi connectivity index (χ0n) is 14.4. The minimum Gasteiger partial charge on any atom is -0.329 e. The highest BCUT2D eigenvalue weighted by molar-refractivity contribution is 8.24. The van der Waals surface area contributed by atoms with E-state index >= 15 is 0 Å². The summed E-state index contributed by atoms with van der Waals surface area (Å²) < 4.78 is 23.2. The summed E-state index contributed by atoms with van der Waals surface area (Å²) >= 11 is 7.07. The van der Waals surface area contributed by atoms with E-state index in [1.165, 1.54) is 12.1 Å². The van der Waals surface area contributed by atoms with Gasteiger partial charge in [-0.3, -0.25) is 10.3 Å². The van der Waals surface area contributed by atoms with Crippen LogP contribution in [0.15, 0.2) is 35.4 Å². The van der Waals surface area contributed by atoms with Crippen molar-refractivity contribution in [2.75, 3.05) is 6.54 Å². The molecule has 25 heavy (non-hydrogen) atoms. The van der Waals surface area contributed by atoms with Crippen molar-refractivity contribution in [3.63, 3.8) is 0 Å². The highest BCUT2D eigenvalue weighted by Gasteiger charge is 2.45. The molecule has 6 nitrogen and oxygen atoms in total. The van der Waals surface area contributed by atoms with Gasteiger partial charge in [0.15, 0.2) is 6.23 Å². The first-order valence-corrected chi connectivity index (χ1v) is 10.6. The number of nitrogens with two attached hydrogens (primary N) is 1. The van der Waals surface area contributed by atoms with Crippen LogP contribution in [0.2, 0.25) is 0 Å². The Kier molecular flexibility index (Phi) is 6.50. The molecule has 138 valence electrons. The molecule has 1 aliphatic heterocycles. The van der Waals surface area contributed by atoms with E-state index in [1.54, 1.807) is 36.2 Å². The Hall–Kier alpha value is -1.13. The van der Waals surface area contributed by atoms with Crippen LogP contribution < -0.4 is 10.6 Å². The minimum atomic E-state index is -3.67. The lowest BCUT2D eigenvalue weighted by atomic mass is 10.1. The number of benzene rings is 1. The van der Waals surface area contributed by atoms with E-state index in [9.17, 15) is 8.42 Å². The molecule has 1 aliphatic rings. The average Bonchev–Trinajstić information content (AvgIpc) is 2.73. The van der Waals surface area contributed by atoms with E-state index in [-0.39, 0.29) is 15.9 Å². The summed E-state index contributed by atoms with van der Waals surface area (Å²) in [6.07, 6.45) is 4.27. The van der Waals surface area contributed by atoms with Crippen molar-refractivity contribution < 1.29 is 13.3 Å². The first kappa shape index (κ1) is 20.2. The summed E-state index contributed by atoms with van der Waals surface area (Å²) in [7, 11) is -3.67. The van der Waals surface area contributed by atoms with Crippen molar-refractivity contribution in [3.8, 4) is 0 Å². The fraction of sp³-hybridized carbons (Fsp3) is 0.438. The van der Waals surface area contributed by atoms with Gasteiger partial charge in [-0.25, -0.2) is 13.6 Å². The van der Waals surface area contributed by atoms with E-state index in [0.717, 1.165) is 22.8 Å². The average molecular weight is 402 g/mol. The number of hydroxylamine groups is 1. The fourth-order valence-electron chi connectivity index (χ4n) is 2.46. The van der Waals surface area contributed by atoms with Crippen molar-refractivity contribution >= 4 is 44.4 Å². The van der Waals surface area contributed by atoms with Gasteiger partial charge in [-0.1, -0.05) is 43.0 Å². The van der Waals surface area contributed by atoms with Crippen molar-refractivity contribution in [1.29, 1.82) is 0 Å². The molecular weight excluding hydrogens is 378 g/mol. The predicted octanol–water partition coefficient (Wildman–Crippen LogP) is 2.67. The molecule has 3 N–H and O–H groups in total. The molecule has 1 aromatic carbocycles. The normalized spacial score (nSPS) is 20.4. The first-order chi connectivity index (χ1) is 11.6. The summed E-state index contributed by atoms with van der Waals surface area (Å²) in [5.74, 6) is 0. The van der Waals surface area contributed by atoms with Crippen LogP contribution in [-0.2, 0) is 14.9 Å². The van der Waals surface area contributed by atoms with Crippen molar-refractivity contribution in [3.05, 3.63) is 36.0 Å². The van der Waals surface area contributed by atoms with Gasteiger partial charge in [0.2, 0.25) is 10.0 Å². The van der Waals surface area contributed by atoms with Gasteiger partial charge in [0.25, 0.3) is 0 Å². The minimum absolute atomic E-state index is 0.0855. The third-order valence-corrected chi connectivity index (χ3v) is 6.21. The van der Waals surface area contributed by atoms with Crippen LogP contribution in [0.3, 0.4) is 0 Å². The molecular formula is C16H23N3O3S3. The lowest BCUT2D eigenvalue weighted by Crippen LogP contribution is -2.45. The van der Waals surface area contributed by atoms with Crippen molar-refractivity contribution in [1.82, 2.24) is 10.4 Å². The lowest BCUT2D eigenvalue weighted by molar-refractivity contribution is -0.0772. The third-order valence-electron chi connectivity index (χ3n) is 3.66. The van der Waals surface area contributed by atoms with E-state index in [4.69, 9.17) is 22.2 Å². The lowest BCUT2D eigenvalue weighted by Gasteiger charge is -2.30. The molecule has 0 aromatic heterocycles. The SMILES string of the molecule is CCCN1C(=S)SC(C)(C)C1ONC=Cc1ccc(S(N)(=O)=O)cc1. The highest BCUT2D eigenvalue weighted by Crippen LogP contribution is 2.41. The molecule has 1 saturated heterocycles. The molecule has 0 radical (unpaired) electrons. The molecule has 1 aromatic rings. The second-order valence-electron chi connectivity index (χ2n) is 6.20. The smallest absolute Gasteiger partial charge is 0.238 e. The summed E-state index contributed by atoms with van der Waals surface area (Å²) in [6.45, 7) is 7.15. The summed E-state index contributed by atoms with van der Waals surface area (Å²) in [6, 6.07) is 6.28. The number of hydrogen-bond acceptors (Lipinski definition) is 6. The molecule has 0 saturated carbocycles. The molecule has 0 spiro atoms. The Balaban J connectivity index is 1.97. The van der Waals surface area contributed by atoms with Crippen LogP contribution >= 0.6 is 24.0 Å². The number of thiocarbonyl (C=S) groups is 1. The summed E-state index contributed by atoms with van der Waals surface area (Å²) in [4.78, 5) is 7.99. The van der Waals surface area contributed by atoms with Gasteiger partial charge in [0.05, 0.1) is 9.64 Å². The quantitative estimate of drug-likeness (QED) is 0.537. The van der Waals surface area contributed by atoms with Crippen LogP contribution in [0, 0.1) is 0 Å². The molecule has 1 fully saturated rings. The predicted molar refractivity (Wildman–Crippen MR) is 106 cm³/mol. The zero-order valence-corrected chi connectivity index (χ0v) is 16.9. The van der Waals surface area contributed by atoms with Crippen LogP contribution in [0.5, 0.6) is 0 Å². The number of sulfonamides is 1. The molecule has 1 atom stereocenters. The number of nitrogens with zero attached hydrogens (tertiary/aromatic N) is 1. The Morgan fingerprint density at radius 1 is 1.40 bits per heavy atom. The number of primary sulfonamides is 1. The van der Waals surface area contributed by atoms with E-state index in [1.807, 2.05) is 0 Å². The molecule has 0 amide bonds. The molecule has 2 rings (SSSR count). The Labute approximate surface area is 158 Å². The van der Waals surface area contributed by atoms with Gasteiger partial charge < -0.3 is 4.90 Å². The first-order valence-electron chi connectivity index (χ1n) is 7.85. The Morgan fingerprint density at radius 2 is 2.04 bits per heavy atom. The largest absolute Gasteiger partial charge is 0.329 e. The van der Waals surface area contributed by atoms with Crippen LogP contribution in [-0.4, -0.2) is 35.2 Å². The second kappa shape index (κ2) is 8.05. The van der Waals surface area contributed by atoms with E-state index < -0.39 is 10.0 Å². The Morgan fingerprint density at radius 3 is 2.60 bits per heavy atom. The molecule has 1 unspecified atom stereocenters. The highest BCUT2D eigenvalue weighted by atomic mass is 32.2. The number of thioether (sulfide) groups is 1. The molecule has 1 heterocycles. The van der Waals surface area contributed by atoms with E-state index in [0.29, 0.717) is 0 Å². The number of hydrogen-bond donors (Lipinski definition) is 2. The monoisotopic (exact) mass is 401 g/mol. The fourth-order valence-corrected chi connectivity index (χ4v) is 4.84. The van der Waals surface area contributed by atoms with E-state index in [2.05, 4.69) is 31.2 Å². The molecule has 0 bridgehead atoms. The summed E-state index contributed by atoms with van der Waals surface area (Å²) in [5, 5.41) is 5.08. The number of nitrogens with one attached hydrogen (secondary N) is 1. The van der Waals surface area contributed by atoms with Crippen molar-refractivity contribution in [2.45, 2.75) is 43.1 Å². The van der Waals surface area contributed by atoms with Crippen LogP contribution in [0.1, 0.15) is 32.8 Å². The van der Waals surface area contributed by atoms with Crippen LogP contribution in [0.25, 0.3) is 6.08 Å². The van der Waals surface area contributed by atoms with Gasteiger partial charge >= 0.3 is 0 Å². The maximum Gasteiger partial charge on any atom is 0.238 e. The van der Waals surface area contributed by atoms with Crippen molar-refractivity contribution in [2.24, 2.45) is 5.14 Å². The van der Waals surface area contributed by atoms with Gasteiger partial charge in [-0.2, -0.15) is 0 Å². The zero-order chi connectivity index (χ0) is 18.7. The molecule has 9 heteroatoms. The van der Waals surface area contributed by atoms with Gasteiger partial charge in [0, 0.05) is 12.7 Å². The maximum atomic E-state index is 11.2. The van der Waals surface area contributed by atoms with Gasteiger partial charge in [-0.05, 0) is 44.0 Å². The van der Waals surface area contributed by atoms with Gasteiger partial charge in [0.1, 0.15) is 4.32 Å². The van der Waals surface area contributed by atoms with Crippen LogP contribution in [0.4, 0.5) is 0 Å². The second-order valence-corrected chi connectivity index (χ2v) is 10.0. The summed E-state index contributed by atoms with van der Waals surface area (Å²) in [5.41, 5.74) is 3.67. The molecule has 0 aliphatic carbocycles.